The second kappa shape index (κ2) is 9.51. The maximum absolute atomic E-state index is 13.2. The van der Waals surface area contributed by atoms with E-state index in [4.69, 9.17) is 10.5 Å². The number of fused-ring (bicyclic) bond motifs is 1. The van der Waals surface area contributed by atoms with Crippen LogP contribution >= 0.6 is 0 Å². The molecule has 33 heavy (non-hydrogen) atoms. The van der Waals surface area contributed by atoms with Gasteiger partial charge in [0.15, 0.2) is 11.5 Å². The quantitative estimate of drug-likeness (QED) is 0.560. The van der Waals surface area contributed by atoms with E-state index in [2.05, 4.69) is 42.6 Å². The minimum absolute atomic E-state index is 0.0898. The molecule has 2 aliphatic rings. The average molecular weight is 446 g/mol. The highest BCUT2D eigenvalue weighted by atomic mass is 16.5. The number of aryl methyl sites for hydroxylation is 1. The molecule has 0 atom stereocenters. The molecule has 5 rings (SSSR count). The molecular weight excluding hydrogens is 418 g/mol. The van der Waals surface area contributed by atoms with Crippen LogP contribution in [0, 0.1) is 0 Å². The fourth-order valence-electron chi connectivity index (χ4n) is 4.27. The van der Waals surface area contributed by atoms with Gasteiger partial charge in [-0.1, -0.05) is 12.1 Å². The van der Waals surface area contributed by atoms with Crippen LogP contribution in [0.3, 0.4) is 0 Å². The molecule has 0 spiro atoms. The van der Waals surface area contributed by atoms with E-state index in [-0.39, 0.29) is 11.5 Å². The van der Waals surface area contributed by atoms with E-state index in [1.165, 1.54) is 11.1 Å². The summed E-state index contributed by atoms with van der Waals surface area (Å²) in [4.78, 5) is 28.3. The minimum Gasteiger partial charge on any atom is -0.382 e. The number of carbonyl (C=O) groups is 1. The van der Waals surface area contributed by atoms with E-state index in [0.717, 1.165) is 50.3 Å². The predicted octanol–water partition coefficient (Wildman–Crippen LogP) is 2.25. The first-order valence-corrected chi connectivity index (χ1v) is 11.2. The van der Waals surface area contributed by atoms with Crippen molar-refractivity contribution in [2.75, 3.05) is 48.8 Å². The summed E-state index contributed by atoms with van der Waals surface area (Å²) in [5.74, 6) is -0.324. The van der Waals surface area contributed by atoms with Crippen molar-refractivity contribution in [1.82, 2.24) is 20.3 Å². The predicted molar refractivity (Wildman–Crippen MR) is 127 cm³/mol. The highest BCUT2D eigenvalue weighted by molar-refractivity contribution is 6.07. The average Bonchev–Trinajstić information content (AvgIpc) is 3.10. The molecule has 1 aromatic carbocycles. The highest BCUT2D eigenvalue weighted by Gasteiger charge is 2.20. The van der Waals surface area contributed by atoms with Gasteiger partial charge in [0.05, 0.1) is 42.7 Å². The molecule has 1 amide bonds. The number of amides is 1. The lowest BCUT2D eigenvalue weighted by Crippen LogP contribution is -2.36. The Balaban J connectivity index is 1.41. The summed E-state index contributed by atoms with van der Waals surface area (Å²) < 4.78 is 5.44. The van der Waals surface area contributed by atoms with Crippen LogP contribution < -0.4 is 21.3 Å². The van der Waals surface area contributed by atoms with Gasteiger partial charge in [0.1, 0.15) is 0 Å². The lowest BCUT2D eigenvalue weighted by Gasteiger charge is -2.30. The number of ether oxygens (including phenoxy) is 1. The molecule has 4 heterocycles. The number of nitrogen functional groups attached to an aromatic ring is 1. The van der Waals surface area contributed by atoms with E-state index in [0.29, 0.717) is 24.6 Å². The number of nitrogens with one attached hydrogen (secondary N) is 2. The van der Waals surface area contributed by atoms with E-state index in [9.17, 15) is 4.79 Å². The first kappa shape index (κ1) is 21.3. The summed E-state index contributed by atoms with van der Waals surface area (Å²) >= 11 is 0. The van der Waals surface area contributed by atoms with Gasteiger partial charge >= 0.3 is 0 Å². The second-order valence-corrected chi connectivity index (χ2v) is 8.20. The molecule has 9 nitrogen and oxygen atoms in total. The number of nitrogens with zero attached hydrogens (tertiary/aromatic N) is 4. The molecule has 0 unspecified atom stereocenters. The Morgan fingerprint density at radius 2 is 2.03 bits per heavy atom. The van der Waals surface area contributed by atoms with Gasteiger partial charge in [-0.3, -0.25) is 9.78 Å². The molecule has 3 aromatic rings. The van der Waals surface area contributed by atoms with Crippen LogP contribution in [0.25, 0.3) is 11.3 Å². The Kier molecular flexibility index (Phi) is 6.14. The maximum Gasteiger partial charge on any atom is 0.278 e. The van der Waals surface area contributed by atoms with Crippen molar-refractivity contribution in [1.29, 1.82) is 0 Å². The van der Waals surface area contributed by atoms with Crippen molar-refractivity contribution in [2.24, 2.45) is 0 Å². The van der Waals surface area contributed by atoms with Crippen LogP contribution in [0.1, 0.15) is 28.0 Å². The third kappa shape index (κ3) is 4.64. The zero-order chi connectivity index (χ0) is 22.6. The third-order valence-corrected chi connectivity index (χ3v) is 6.03. The fraction of sp³-hybridized carbons (Fsp3) is 0.333. The molecule has 0 saturated carbocycles. The largest absolute Gasteiger partial charge is 0.382 e. The summed E-state index contributed by atoms with van der Waals surface area (Å²) in [6, 6.07) is 8.16. The summed E-state index contributed by atoms with van der Waals surface area (Å²) in [7, 11) is 0. The SMILES string of the molecule is Nc1ncc(-c2ccc3c(c2)CCCNC3)nc1C(=O)Nc1cnccc1N1CCOCC1. The zero-order valence-corrected chi connectivity index (χ0v) is 18.4. The van der Waals surface area contributed by atoms with E-state index in [1.54, 1.807) is 18.6 Å². The van der Waals surface area contributed by atoms with Gasteiger partial charge in [-0.05, 0) is 42.6 Å². The molecule has 2 aliphatic heterocycles. The Morgan fingerprint density at radius 1 is 1.15 bits per heavy atom. The van der Waals surface area contributed by atoms with Crippen LogP contribution in [0.5, 0.6) is 0 Å². The van der Waals surface area contributed by atoms with Crippen molar-refractivity contribution in [2.45, 2.75) is 19.4 Å². The number of aromatic nitrogens is 3. The number of anilines is 3. The van der Waals surface area contributed by atoms with Gasteiger partial charge in [-0.2, -0.15) is 0 Å². The molecule has 1 fully saturated rings. The smallest absolute Gasteiger partial charge is 0.278 e. The number of rotatable bonds is 4. The topological polar surface area (TPSA) is 118 Å². The Bertz CT molecular complexity index is 1160. The molecule has 4 N–H and O–H groups in total. The molecule has 0 aliphatic carbocycles. The van der Waals surface area contributed by atoms with E-state index >= 15 is 0 Å². The zero-order valence-electron chi connectivity index (χ0n) is 18.4. The van der Waals surface area contributed by atoms with Crippen LogP contribution in [0.2, 0.25) is 0 Å². The van der Waals surface area contributed by atoms with Gasteiger partial charge in [0.25, 0.3) is 5.91 Å². The third-order valence-electron chi connectivity index (χ3n) is 6.03. The van der Waals surface area contributed by atoms with Crippen molar-refractivity contribution in [3.05, 3.63) is 59.7 Å². The first-order valence-electron chi connectivity index (χ1n) is 11.2. The number of benzene rings is 1. The number of hydrogen-bond acceptors (Lipinski definition) is 8. The number of morpholine rings is 1. The van der Waals surface area contributed by atoms with Crippen molar-refractivity contribution in [3.8, 4) is 11.3 Å². The lowest BCUT2D eigenvalue weighted by atomic mass is 9.99. The molecule has 170 valence electrons. The number of pyridine rings is 1. The monoisotopic (exact) mass is 445 g/mol. The summed E-state index contributed by atoms with van der Waals surface area (Å²) in [5, 5.41) is 6.36. The second-order valence-electron chi connectivity index (χ2n) is 8.20. The first-order chi connectivity index (χ1) is 16.2. The Labute approximate surface area is 192 Å². The molecule has 1 saturated heterocycles. The highest BCUT2D eigenvalue weighted by Crippen LogP contribution is 2.27. The molecule has 9 heteroatoms. The summed E-state index contributed by atoms with van der Waals surface area (Å²) in [5.41, 5.74) is 11.8. The standard InChI is InChI=1S/C24H27N7O2/c25-23-22(24(32)30-20-14-27-7-5-21(20)31-8-10-33-11-9-31)29-19(15-28-23)17-3-4-18-13-26-6-1-2-16(18)12-17/h3-5,7,12,14-15,26H,1-2,6,8-11,13H2,(H2,25,28)(H,30,32). The maximum atomic E-state index is 13.2. The lowest BCUT2D eigenvalue weighted by molar-refractivity contribution is 0.102. The van der Waals surface area contributed by atoms with Gasteiger partial charge in [-0.25, -0.2) is 9.97 Å². The van der Waals surface area contributed by atoms with Gasteiger partial charge in [0, 0.05) is 31.4 Å². The Hall–Kier alpha value is -3.56. The Morgan fingerprint density at radius 3 is 2.91 bits per heavy atom. The normalized spacial score (nSPS) is 16.1. The van der Waals surface area contributed by atoms with Crippen LogP contribution in [-0.2, 0) is 17.7 Å². The minimum atomic E-state index is -0.414. The molecule has 2 aromatic heterocycles. The number of nitrogens with two attached hydrogens (primary N) is 1. The van der Waals surface area contributed by atoms with Crippen LogP contribution in [0.15, 0.2) is 42.9 Å². The van der Waals surface area contributed by atoms with Crippen molar-refractivity contribution in [3.63, 3.8) is 0 Å². The van der Waals surface area contributed by atoms with Gasteiger partial charge in [0.2, 0.25) is 0 Å². The van der Waals surface area contributed by atoms with Crippen molar-refractivity contribution >= 4 is 23.1 Å². The van der Waals surface area contributed by atoms with E-state index in [1.807, 2.05) is 12.1 Å². The molecule has 0 bridgehead atoms. The van der Waals surface area contributed by atoms with Crippen molar-refractivity contribution < 1.29 is 9.53 Å². The molecule has 0 radical (unpaired) electrons. The molecular formula is C24H27N7O2. The van der Waals surface area contributed by atoms with Crippen LogP contribution in [-0.4, -0.2) is 53.7 Å². The number of carbonyl (C=O) groups excluding carboxylic acids is 1. The van der Waals surface area contributed by atoms with Gasteiger partial charge < -0.3 is 26.0 Å². The summed E-state index contributed by atoms with van der Waals surface area (Å²) in [6.07, 6.45) is 7.07. The summed E-state index contributed by atoms with van der Waals surface area (Å²) in [6.45, 7) is 4.67. The van der Waals surface area contributed by atoms with Gasteiger partial charge in [-0.15, -0.1) is 0 Å². The fourth-order valence-corrected chi connectivity index (χ4v) is 4.27. The van der Waals surface area contributed by atoms with Crippen LogP contribution in [0.4, 0.5) is 17.2 Å². The number of hydrogen-bond donors (Lipinski definition) is 3. The van der Waals surface area contributed by atoms with E-state index < -0.39 is 5.91 Å².